The first kappa shape index (κ1) is 21.1. The minimum absolute atomic E-state index is 0.0892. The molecule has 0 fully saturated rings. The van der Waals surface area contributed by atoms with Crippen molar-refractivity contribution >= 4 is 33.8 Å². The maximum absolute atomic E-state index is 12.7. The number of nitrogens with two attached hydrogens (primary N) is 1. The lowest BCUT2D eigenvalue weighted by molar-refractivity contribution is -0.127. The number of alkyl halides is 3. The second-order valence-electron chi connectivity index (χ2n) is 4.98. The molecule has 2 rings (SSSR count). The third-order valence-corrected chi connectivity index (χ3v) is 3.60. The minimum atomic E-state index is -4.30. The van der Waals surface area contributed by atoms with E-state index in [0.29, 0.717) is 15.7 Å². The summed E-state index contributed by atoms with van der Waals surface area (Å²) in [5.74, 6) is 0.220. The summed E-state index contributed by atoms with van der Waals surface area (Å²) in [6.07, 6.45) is -1.83. The van der Waals surface area contributed by atoms with Crippen molar-refractivity contribution in [1.82, 2.24) is 0 Å². The van der Waals surface area contributed by atoms with Crippen LogP contribution in [0.2, 0.25) is 0 Å². The van der Waals surface area contributed by atoms with E-state index in [9.17, 15) is 13.2 Å². The molecule has 0 saturated carbocycles. The first-order valence-corrected chi connectivity index (χ1v) is 8.54. The fraction of sp³-hybridized carbons (Fsp3) is 0.263. The average Bonchev–Trinajstić information content (AvgIpc) is 2.54. The molecule has 2 nitrogen and oxygen atoms in total. The number of hydrogen-bond acceptors (Lipinski definition) is 2. The quantitative estimate of drug-likeness (QED) is 0.466. The topological polar surface area (TPSA) is 35.2 Å². The molecular weight excluding hydrogens is 395 g/mol. The van der Waals surface area contributed by atoms with E-state index < -0.39 is 12.6 Å². The highest BCUT2D eigenvalue weighted by Crippen LogP contribution is 2.34. The van der Waals surface area contributed by atoms with Crippen molar-refractivity contribution in [2.75, 3.05) is 12.8 Å². The largest absolute Gasteiger partial charge is 0.496 e. The Labute approximate surface area is 154 Å². The van der Waals surface area contributed by atoms with Gasteiger partial charge in [0.1, 0.15) is 5.75 Å². The van der Waals surface area contributed by atoms with Crippen LogP contribution in [-0.4, -0.2) is 13.3 Å². The van der Waals surface area contributed by atoms with Crippen molar-refractivity contribution in [3.05, 3.63) is 57.6 Å². The average molecular weight is 416 g/mol. The van der Waals surface area contributed by atoms with Crippen molar-refractivity contribution in [2.45, 2.75) is 26.4 Å². The van der Waals surface area contributed by atoms with Crippen LogP contribution in [0.1, 0.15) is 30.5 Å². The molecule has 2 N–H and O–H groups in total. The first-order valence-electron chi connectivity index (χ1n) is 7.75. The third-order valence-electron chi connectivity index (χ3n) is 3.15. The zero-order valence-electron chi connectivity index (χ0n) is 14.3. The van der Waals surface area contributed by atoms with E-state index in [1.807, 2.05) is 26.0 Å². The molecule has 25 heavy (non-hydrogen) atoms. The summed E-state index contributed by atoms with van der Waals surface area (Å²) in [6.45, 7) is 4.00. The smallest absolute Gasteiger partial charge is 0.393 e. The third kappa shape index (κ3) is 6.82. The van der Waals surface area contributed by atoms with E-state index >= 15 is 0 Å². The van der Waals surface area contributed by atoms with Crippen LogP contribution in [0.4, 0.5) is 18.9 Å². The molecule has 0 unspecified atom stereocenters. The number of anilines is 1. The van der Waals surface area contributed by atoms with Crippen LogP contribution in [-0.2, 0) is 6.42 Å². The van der Waals surface area contributed by atoms with E-state index in [4.69, 9.17) is 10.5 Å². The van der Waals surface area contributed by atoms with Gasteiger partial charge < -0.3 is 10.5 Å². The summed E-state index contributed by atoms with van der Waals surface area (Å²) < 4.78 is 43.9. The van der Waals surface area contributed by atoms with Crippen LogP contribution in [0.5, 0.6) is 5.75 Å². The zero-order chi connectivity index (χ0) is 19.0. The highest BCUT2D eigenvalue weighted by Gasteiger charge is 2.30. The summed E-state index contributed by atoms with van der Waals surface area (Å²) in [5, 5.41) is 0. The molecule has 136 valence electrons. The van der Waals surface area contributed by atoms with Gasteiger partial charge in [-0.3, -0.25) is 0 Å². The number of methoxy groups -OCH3 is 1. The van der Waals surface area contributed by atoms with Gasteiger partial charge in [-0.1, -0.05) is 54.1 Å². The van der Waals surface area contributed by atoms with Crippen molar-refractivity contribution in [1.29, 1.82) is 0 Å². The lowest BCUT2D eigenvalue weighted by Gasteiger charge is -2.14. The lowest BCUT2D eigenvalue weighted by Crippen LogP contribution is -2.12. The normalized spacial score (nSPS) is 11.2. The predicted molar refractivity (Wildman–Crippen MR) is 102 cm³/mol. The van der Waals surface area contributed by atoms with Crippen molar-refractivity contribution in [3.8, 4) is 5.75 Å². The predicted octanol–water partition coefficient (Wildman–Crippen LogP) is 6.34. The van der Waals surface area contributed by atoms with Crippen molar-refractivity contribution in [3.63, 3.8) is 0 Å². The number of halogens is 4. The van der Waals surface area contributed by atoms with Crippen LogP contribution >= 0.6 is 15.9 Å². The lowest BCUT2D eigenvalue weighted by atomic mass is 10.0. The van der Waals surface area contributed by atoms with E-state index in [1.165, 1.54) is 13.2 Å². The molecular formula is C19H21BrF3NO. The fourth-order valence-electron chi connectivity index (χ4n) is 2.19. The standard InChI is InChI=1S/C17H15BrF3NO.C2H6/c1-23-16-12(5-2-11-3-6-15(22)7-4-11)8-14(18)9-13(16)10-17(19,20)21;1-2/h2-9H,10,22H2,1H3;1-2H3/b5-2+;. The van der Waals surface area contributed by atoms with Gasteiger partial charge in [-0.15, -0.1) is 0 Å². The van der Waals surface area contributed by atoms with Crippen LogP contribution < -0.4 is 10.5 Å². The van der Waals surface area contributed by atoms with Crippen LogP contribution in [0.3, 0.4) is 0 Å². The van der Waals surface area contributed by atoms with E-state index in [-0.39, 0.29) is 11.3 Å². The van der Waals surface area contributed by atoms with Gasteiger partial charge in [0.2, 0.25) is 0 Å². The molecule has 0 radical (unpaired) electrons. The maximum Gasteiger partial charge on any atom is 0.393 e. The van der Waals surface area contributed by atoms with Crippen molar-refractivity contribution < 1.29 is 17.9 Å². The SMILES string of the molecule is CC.COc1c(/C=C/c2ccc(N)cc2)cc(Br)cc1CC(F)(F)F. The molecule has 0 aromatic heterocycles. The molecule has 0 aliphatic heterocycles. The molecule has 6 heteroatoms. The number of rotatable bonds is 4. The summed E-state index contributed by atoms with van der Waals surface area (Å²) in [6, 6.07) is 10.3. The number of nitrogen functional groups attached to an aromatic ring is 1. The van der Waals surface area contributed by atoms with E-state index in [1.54, 1.807) is 30.4 Å². The molecule has 0 spiro atoms. The van der Waals surface area contributed by atoms with Crippen LogP contribution in [0.15, 0.2) is 40.9 Å². The van der Waals surface area contributed by atoms with Crippen LogP contribution in [0, 0.1) is 0 Å². The van der Waals surface area contributed by atoms with E-state index in [2.05, 4.69) is 15.9 Å². The van der Waals surface area contributed by atoms with Gasteiger partial charge in [0.15, 0.2) is 0 Å². The zero-order valence-corrected chi connectivity index (χ0v) is 15.9. The van der Waals surface area contributed by atoms with Crippen molar-refractivity contribution in [2.24, 2.45) is 0 Å². The molecule has 0 heterocycles. The Kier molecular flexibility index (Phi) is 8.03. The van der Waals surface area contributed by atoms with Crippen LogP contribution in [0.25, 0.3) is 12.2 Å². The van der Waals surface area contributed by atoms with Gasteiger partial charge in [-0.2, -0.15) is 13.2 Å². The molecule has 0 amide bonds. The Morgan fingerprint density at radius 1 is 1.08 bits per heavy atom. The highest BCUT2D eigenvalue weighted by atomic mass is 79.9. The Hall–Kier alpha value is -1.95. The van der Waals surface area contributed by atoms with Gasteiger partial charge in [0, 0.05) is 21.3 Å². The molecule has 2 aromatic carbocycles. The monoisotopic (exact) mass is 415 g/mol. The molecule has 2 aromatic rings. The molecule has 0 bridgehead atoms. The fourth-order valence-corrected chi connectivity index (χ4v) is 2.71. The van der Waals surface area contributed by atoms with Gasteiger partial charge in [-0.25, -0.2) is 0 Å². The van der Waals surface area contributed by atoms with Gasteiger partial charge >= 0.3 is 6.18 Å². The van der Waals surface area contributed by atoms with Gasteiger partial charge in [0.05, 0.1) is 13.5 Å². The maximum atomic E-state index is 12.7. The Bertz CT molecular complexity index is 710. The Balaban J connectivity index is 0.00000151. The van der Waals surface area contributed by atoms with Gasteiger partial charge in [0.25, 0.3) is 0 Å². The number of benzene rings is 2. The summed E-state index contributed by atoms with van der Waals surface area (Å²) >= 11 is 3.25. The minimum Gasteiger partial charge on any atom is -0.496 e. The summed E-state index contributed by atoms with van der Waals surface area (Å²) in [7, 11) is 1.36. The van der Waals surface area contributed by atoms with E-state index in [0.717, 1.165) is 5.56 Å². The Morgan fingerprint density at radius 3 is 2.20 bits per heavy atom. The molecule has 0 aliphatic rings. The number of ether oxygens (including phenoxy) is 1. The second kappa shape index (κ2) is 9.51. The molecule has 0 saturated heterocycles. The molecule has 0 atom stereocenters. The van der Waals surface area contributed by atoms with Gasteiger partial charge in [-0.05, 0) is 29.8 Å². The second-order valence-corrected chi connectivity index (χ2v) is 5.90. The first-order chi connectivity index (χ1) is 11.8. The molecule has 0 aliphatic carbocycles. The Morgan fingerprint density at radius 2 is 1.68 bits per heavy atom. The highest BCUT2D eigenvalue weighted by molar-refractivity contribution is 9.10. The summed E-state index contributed by atoms with van der Waals surface area (Å²) in [5.41, 5.74) is 7.81. The number of hydrogen-bond donors (Lipinski definition) is 1. The summed E-state index contributed by atoms with van der Waals surface area (Å²) in [4.78, 5) is 0.